The van der Waals surface area contributed by atoms with E-state index in [9.17, 15) is 8.42 Å². The molecule has 0 aromatic heterocycles. The van der Waals surface area contributed by atoms with Gasteiger partial charge in [0, 0.05) is 6.21 Å². The van der Waals surface area contributed by atoms with E-state index in [4.69, 9.17) is 9.05 Å². The van der Waals surface area contributed by atoms with Crippen molar-refractivity contribution >= 4 is 24.6 Å². The smallest absolute Gasteiger partial charge is 0.276 e. The molecule has 0 bridgehead atoms. The molecule has 0 unspecified atom stereocenters. The van der Waals surface area contributed by atoms with Gasteiger partial charge in [0.1, 0.15) is 0 Å². The summed E-state index contributed by atoms with van der Waals surface area (Å²) in [5.74, 6) is 0. The number of nitrogens with one attached hydrogen (secondary N) is 1. The molecule has 1 N–H and O–H groups in total. The third-order valence-electron chi connectivity index (χ3n) is 2.37. The van der Waals surface area contributed by atoms with E-state index in [1.54, 1.807) is 24.3 Å². The summed E-state index contributed by atoms with van der Waals surface area (Å²) in [6, 6.07) is 6.56. The fraction of sp³-hybridized carbons (Fsp3) is 0.462. The van der Waals surface area contributed by atoms with Gasteiger partial charge in [0.25, 0.3) is 10.0 Å². The van der Waals surface area contributed by atoms with E-state index in [0.717, 1.165) is 5.56 Å². The normalized spacial score (nSPS) is 12.2. The van der Waals surface area contributed by atoms with Crippen LogP contribution in [-0.4, -0.2) is 34.0 Å². The molecule has 8 heteroatoms. The predicted molar refractivity (Wildman–Crippen MR) is 85.0 cm³/mol. The molecule has 1 aromatic rings. The summed E-state index contributed by atoms with van der Waals surface area (Å²) >= 11 is 0. The molecule has 1 aromatic carbocycles. The van der Waals surface area contributed by atoms with Crippen molar-refractivity contribution < 1.29 is 17.5 Å². The highest BCUT2D eigenvalue weighted by Crippen LogP contribution is 2.36. The SMILES string of the molecule is CCOP(C/C=N/NS(=O)(=O)c1ccc(C)cc1)OCC. The highest BCUT2D eigenvalue weighted by atomic mass is 32.2. The molecule has 1 rings (SSSR count). The molecule has 0 saturated heterocycles. The van der Waals surface area contributed by atoms with Gasteiger partial charge in [0.2, 0.25) is 0 Å². The van der Waals surface area contributed by atoms with Gasteiger partial charge < -0.3 is 9.05 Å². The number of benzene rings is 1. The topological polar surface area (TPSA) is 77.0 Å². The van der Waals surface area contributed by atoms with E-state index < -0.39 is 18.4 Å². The Morgan fingerprint density at radius 3 is 2.29 bits per heavy atom. The predicted octanol–water partition coefficient (Wildman–Crippen LogP) is 2.64. The third-order valence-corrected chi connectivity index (χ3v) is 5.16. The second-order valence-corrected chi connectivity index (χ2v) is 7.28. The number of hydrazone groups is 1. The van der Waals surface area contributed by atoms with Crippen LogP contribution in [0.4, 0.5) is 0 Å². The lowest BCUT2D eigenvalue weighted by Gasteiger charge is -2.12. The molecule has 0 radical (unpaired) electrons. The zero-order valence-corrected chi connectivity index (χ0v) is 14.2. The Kier molecular flexibility index (Phi) is 7.82. The second-order valence-electron chi connectivity index (χ2n) is 4.07. The van der Waals surface area contributed by atoms with Crippen molar-refractivity contribution in [3.8, 4) is 0 Å². The fourth-order valence-electron chi connectivity index (χ4n) is 1.41. The molecule has 0 aliphatic rings. The van der Waals surface area contributed by atoms with Crippen molar-refractivity contribution in [2.24, 2.45) is 5.10 Å². The van der Waals surface area contributed by atoms with Gasteiger partial charge in [-0.3, -0.25) is 0 Å². The first-order valence-corrected chi connectivity index (χ1v) is 9.47. The molecule has 6 nitrogen and oxygen atoms in total. The first-order chi connectivity index (χ1) is 9.99. The average molecular weight is 332 g/mol. The van der Waals surface area contributed by atoms with Crippen LogP contribution in [0.15, 0.2) is 34.3 Å². The van der Waals surface area contributed by atoms with Gasteiger partial charge in [-0.1, -0.05) is 17.7 Å². The molecule has 0 aliphatic heterocycles. The third kappa shape index (κ3) is 6.52. The summed E-state index contributed by atoms with van der Waals surface area (Å²) in [6.45, 7) is 6.76. The number of aryl methyl sites for hydroxylation is 1. The average Bonchev–Trinajstić information content (AvgIpc) is 2.44. The Hall–Kier alpha value is -1.01. The van der Waals surface area contributed by atoms with Crippen LogP contribution in [0.25, 0.3) is 0 Å². The number of sulfonamides is 1. The summed E-state index contributed by atoms with van der Waals surface area (Å²) in [5, 5.41) is 3.74. The summed E-state index contributed by atoms with van der Waals surface area (Å²) in [6.07, 6.45) is 1.90. The molecule has 0 saturated carbocycles. The molecule has 118 valence electrons. The standard InChI is InChI=1S/C13H21N2O4PS/c1-4-18-20(19-5-2)11-10-14-15-21(16,17)13-8-6-12(3)7-9-13/h6-10,15H,4-5,11H2,1-3H3/b14-10+. The van der Waals surface area contributed by atoms with Crippen molar-refractivity contribution in [1.82, 2.24) is 4.83 Å². The van der Waals surface area contributed by atoms with E-state index >= 15 is 0 Å². The fourth-order valence-corrected chi connectivity index (χ4v) is 3.30. The highest BCUT2D eigenvalue weighted by Gasteiger charge is 2.12. The summed E-state index contributed by atoms with van der Waals surface area (Å²) in [7, 11) is -4.67. The zero-order valence-electron chi connectivity index (χ0n) is 12.4. The monoisotopic (exact) mass is 332 g/mol. The van der Waals surface area contributed by atoms with Gasteiger partial charge in [0.15, 0.2) is 8.38 Å². The van der Waals surface area contributed by atoms with Crippen LogP contribution in [0.3, 0.4) is 0 Å². The molecule has 0 atom stereocenters. The maximum atomic E-state index is 12.0. The van der Waals surface area contributed by atoms with Crippen LogP contribution in [0.2, 0.25) is 0 Å². The molecule has 0 fully saturated rings. The largest absolute Gasteiger partial charge is 0.334 e. The minimum Gasteiger partial charge on any atom is -0.334 e. The van der Waals surface area contributed by atoms with Gasteiger partial charge in [-0.25, -0.2) is 4.83 Å². The minimum absolute atomic E-state index is 0.183. The second kappa shape index (κ2) is 9.10. The van der Waals surface area contributed by atoms with Gasteiger partial charge in [-0.05, 0) is 32.9 Å². The summed E-state index contributed by atoms with van der Waals surface area (Å²) < 4.78 is 34.7. The number of hydrogen-bond acceptors (Lipinski definition) is 5. The van der Waals surface area contributed by atoms with Gasteiger partial charge in [0.05, 0.1) is 24.3 Å². The molecule has 0 heterocycles. The van der Waals surface area contributed by atoms with Crippen LogP contribution in [0.1, 0.15) is 19.4 Å². The van der Waals surface area contributed by atoms with E-state index in [-0.39, 0.29) is 4.90 Å². The molecular formula is C13H21N2O4PS. The Balaban J connectivity index is 2.56. The quantitative estimate of drug-likeness (QED) is 0.428. The van der Waals surface area contributed by atoms with Gasteiger partial charge in [-0.2, -0.15) is 13.5 Å². The van der Waals surface area contributed by atoms with E-state index in [2.05, 4.69) is 9.93 Å². The Bertz CT molecular complexity index is 540. The molecule has 0 aliphatic carbocycles. The summed E-state index contributed by atoms with van der Waals surface area (Å²) in [5.41, 5.74) is 0.997. The van der Waals surface area contributed by atoms with Crippen LogP contribution in [-0.2, 0) is 19.1 Å². The van der Waals surface area contributed by atoms with E-state index in [0.29, 0.717) is 19.4 Å². The van der Waals surface area contributed by atoms with Gasteiger partial charge >= 0.3 is 0 Å². The molecule has 0 amide bonds. The Morgan fingerprint density at radius 2 is 1.76 bits per heavy atom. The molecular weight excluding hydrogens is 311 g/mol. The van der Waals surface area contributed by atoms with Crippen molar-refractivity contribution in [1.29, 1.82) is 0 Å². The number of hydrogen-bond donors (Lipinski definition) is 1. The van der Waals surface area contributed by atoms with E-state index in [1.807, 2.05) is 20.8 Å². The maximum Gasteiger partial charge on any atom is 0.276 e. The van der Waals surface area contributed by atoms with Crippen LogP contribution >= 0.6 is 8.38 Å². The zero-order chi connectivity index (χ0) is 15.7. The lowest BCUT2D eigenvalue weighted by atomic mass is 10.2. The van der Waals surface area contributed by atoms with Crippen molar-refractivity contribution in [3.05, 3.63) is 29.8 Å². The lowest BCUT2D eigenvalue weighted by molar-refractivity contribution is 0.272. The highest BCUT2D eigenvalue weighted by molar-refractivity contribution is 7.89. The Morgan fingerprint density at radius 1 is 1.19 bits per heavy atom. The van der Waals surface area contributed by atoms with Crippen molar-refractivity contribution in [2.45, 2.75) is 25.7 Å². The maximum absolute atomic E-state index is 12.0. The van der Waals surface area contributed by atoms with Crippen molar-refractivity contribution in [2.75, 3.05) is 19.4 Å². The first-order valence-electron chi connectivity index (χ1n) is 6.63. The van der Waals surface area contributed by atoms with Crippen LogP contribution in [0.5, 0.6) is 0 Å². The molecule has 0 spiro atoms. The van der Waals surface area contributed by atoms with E-state index in [1.165, 1.54) is 6.21 Å². The van der Waals surface area contributed by atoms with Crippen LogP contribution in [0, 0.1) is 6.92 Å². The lowest BCUT2D eigenvalue weighted by Crippen LogP contribution is -2.18. The number of rotatable bonds is 9. The Labute approximate surface area is 127 Å². The summed E-state index contributed by atoms with van der Waals surface area (Å²) in [4.78, 5) is 2.36. The molecule has 21 heavy (non-hydrogen) atoms. The van der Waals surface area contributed by atoms with Crippen molar-refractivity contribution in [3.63, 3.8) is 0 Å². The number of nitrogens with zero attached hydrogens (tertiary/aromatic N) is 1. The van der Waals surface area contributed by atoms with Gasteiger partial charge in [-0.15, -0.1) is 0 Å². The first kappa shape index (κ1) is 18.0. The van der Waals surface area contributed by atoms with Crippen LogP contribution < -0.4 is 4.83 Å². The minimum atomic E-state index is -3.62.